The van der Waals surface area contributed by atoms with Gasteiger partial charge in [0.05, 0.1) is 5.75 Å². The van der Waals surface area contributed by atoms with Gasteiger partial charge in [-0.3, -0.25) is 0 Å². The third-order valence-corrected chi connectivity index (χ3v) is 3.28. The van der Waals surface area contributed by atoms with Crippen LogP contribution in [-0.4, -0.2) is 29.0 Å². The molecular weight excluding hydrogens is 210 g/mol. The van der Waals surface area contributed by atoms with Crippen molar-refractivity contribution in [1.82, 2.24) is 15.5 Å². The Bertz CT molecular complexity index is 315. The Balaban J connectivity index is 2.01. The van der Waals surface area contributed by atoms with Gasteiger partial charge in [0.1, 0.15) is 0 Å². The molecule has 1 saturated heterocycles. The van der Waals surface area contributed by atoms with Gasteiger partial charge in [-0.05, 0) is 32.6 Å². The Morgan fingerprint density at radius 3 is 3.20 bits per heavy atom. The third kappa shape index (κ3) is 2.72. The molecule has 4 nitrogen and oxygen atoms in total. The first-order chi connectivity index (χ1) is 7.29. The average Bonchev–Trinajstić information content (AvgIpc) is 2.67. The van der Waals surface area contributed by atoms with Crippen LogP contribution in [0.1, 0.15) is 37.4 Å². The summed E-state index contributed by atoms with van der Waals surface area (Å²) in [7, 11) is 0. The van der Waals surface area contributed by atoms with Crippen molar-refractivity contribution in [3.05, 3.63) is 11.7 Å². The minimum atomic E-state index is 0.448. The predicted molar refractivity (Wildman–Crippen MR) is 61.0 cm³/mol. The number of hydrogen-bond donors (Lipinski definition) is 1. The minimum absolute atomic E-state index is 0.448. The lowest BCUT2D eigenvalue weighted by atomic mass is 9.93. The molecule has 1 fully saturated rings. The molecule has 1 aromatic heterocycles. The molecule has 1 aromatic rings. The second kappa shape index (κ2) is 4.99. The molecule has 1 aliphatic heterocycles. The van der Waals surface area contributed by atoms with Crippen LogP contribution in [0, 0.1) is 0 Å². The van der Waals surface area contributed by atoms with Crippen molar-refractivity contribution in [1.29, 1.82) is 0 Å². The van der Waals surface area contributed by atoms with Gasteiger partial charge in [0.2, 0.25) is 5.89 Å². The summed E-state index contributed by atoms with van der Waals surface area (Å²) in [5.41, 5.74) is 0. The number of thioether (sulfide) groups is 1. The van der Waals surface area contributed by atoms with Crippen LogP contribution in [0.3, 0.4) is 0 Å². The van der Waals surface area contributed by atoms with E-state index in [1.165, 1.54) is 0 Å². The summed E-state index contributed by atoms with van der Waals surface area (Å²) in [6, 6.07) is 0.555. The van der Waals surface area contributed by atoms with Gasteiger partial charge < -0.3 is 9.84 Å². The fourth-order valence-electron chi connectivity index (χ4n) is 1.98. The zero-order chi connectivity index (χ0) is 10.7. The monoisotopic (exact) mass is 227 g/mol. The van der Waals surface area contributed by atoms with E-state index in [1.807, 2.05) is 6.26 Å². The maximum absolute atomic E-state index is 5.30. The molecule has 2 rings (SSSR count). The Labute approximate surface area is 94.2 Å². The number of nitrogens with zero attached hydrogens (tertiary/aromatic N) is 2. The SMILES string of the molecule is CSCc1noc(C2CCNC(C)C2)n1. The lowest BCUT2D eigenvalue weighted by molar-refractivity contribution is 0.294. The fourth-order valence-corrected chi connectivity index (χ4v) is 2.35. The Morgan fingerprint density at radius 1 is 1.60 bits per heavy atom. The van der Waals surface area contributed by atoms with Gasteiger partial charge in [0.25, 0.3) is 0 Å². The molecule has 2 heterocycles. The molecule has 0 radical (unpaired) electrons. The Kier molecular flexibility index (Phi) is 3.64. The van der Waals surface area contributed by atoms with E-state index >= 15 is 0 Å². The van der Waals surface area contributed by atoms with Crippen LogP contribution in [0.2, 0.25) is 0 Å². The van der Waals surface area contributed by atoms with E-state index in [0.29, 0.717) is 12.0 Å². The lowest BCUT2D eigenvalue weighted by Crippen LogP contribution is -2.34. The molecule has 5 heteroatoms. The first-order valence-electron chi connectivity index (χ1n) is 5.34. The summed E-state index contributed by atoms with van der Waals surface area (Å²) < 4.78 is 5.30. The first kappa shape index (κ1) is 11.0. The predicted octanol–water partition coefficient (Wildman–Crippen LogP) is 1.79. The lowest BCUT2D eigenvalue weighted by Gasteiger charge is -2.25. The molecule has 15 heavy (non-hydrogen) atoms. The van der Waals surface area contributed by atoms with Gasteiger partial charge >= 0.3 is 0 Å². The van der Waals surface area contributed by atoms with Crippen molar-refractivity contribution in [3.63, 3.8) is 0 Å². The van der Waals surface area contributed by atoms with Crippen LogP contribution < -0.4 is 5.32 Å². The zero-order valence-corrected chi connectivity index (χ0v) is 10.0. The third-order valence-electron chi connectivity index (χ3n) is 2.73. The molecule has 84 valence electrons. The van der Waals surface area contributed by atoms with E-state index < -0.39 is 0 Å². The fraction of sp³-hybridized carbons (Fsp3) is 0.800. The van der Waals surface area contributed by atoms with Gasteiger partial charge in [-0.2, -0.15) is 16.7 Å². The summed E-state index contributed by atoms with van der Waals surface area (Å²) in [5, 5.41) is 7.40. The van der Waals surface area contributed by atoms with Crippen molar-refractivity contribution < 1.29 is 4.52 Å². The molecule has 0 aliphatic carbocycles. The van der Waals surface area contributed by atoms with Crippen LogP contribution >= 0.6 is 11.8 Å². The van der Waals surface area contributed by atoms with Crippen molar-refractivity contribution in [2.45, 2.75) is 37.5 Å². The van der Waals surface area contributed by atoms with Crippen LogP contribution in [0.15, 0.2) is 4.52 Å². The van der Waals surface area contributed by atoms with E-state index in [1.54, 1.807) is 11.8 Å². The zero-order valence-electron chi connectivity index (χ0n) is 9.19. The molecule has 2 atom stereocenters. The van der Waals surface area contributed by atoms with E-state index in [0.717, 1.165) is 36.9 Å². The summed E-state index contributed by atoms with van der Waals surface area (Å²) in [4.78, 5) is 4.43. The standard InChI is InChI=1S/C10H17N3OS/c1-7-5-8(3-4-11-7)10-12-9(6-15-2)13-14-10/h7-8,11H,3-6H2,1-2H3. The number of hydrogen-bond acceptors (Lipinski definition) is 5. The molecule has 0 aromatic carbocycles. The average molecular weight is 227 g/mol. The summed E-state index contributed by atoms with van der Waals surface area (Å²) in [6.07, 6.45) is 4.24. The van der Waals surface area contributed by atoms with E-state index in [2.05, 4.69) is 22.4 Å². The van der Waals surface area contributed by atoms with Gasteiger partial charge in [-0.25, -0.2) is 0 Å². The second-order valence-corrected chi connectivity index (χ2v) is 4.92. The van der Waals surface area contributed by atoms with Gasteiger partial charge in [-0.15, -0.1) is 0 Å². The Hall–Kier alpha value is -0.550. The summed E-state index contributed by atoms with van der Waals surface area (Å²) >= 11 is 1.72. The highest BCUT2D eigenvalue weighted by atomic mass is 32.2. The maximum Gasteiger partial charge on any atom is 0.229 e. The van der Waals surface area contributed by atoms with E-state index in [-0.39, 0.29) is 0 Å². The number of piperidine rings is 1. The highest BCUT2D eigenvalue weighted by Crippen LogP contribution is 2.26. The number of nitrogens with one attached hydrogen (secondary N) is 1. The molecule has 0 amide bonds. The van der Waals surface area contributed by atoms with Crippen molar-refractivity contribution in [2.75, 3.05) is 12.8 Å². The second-order valence-electron chi connectivity index (χ2n) is 4.06. The highest BCUT2D eigenvalue weighted by Gasteiger charge is 2.24. The number of aromatic nitrogens is 2. The molecule has 1 N–H and O–H groups in total. The normalized spacial score (nSPS) is 26.8. The topological polar surface area (TPSA) is 51.0 Å². The molecule has 2 unspecified atom stereocenters. The van der Waals surface area contributed by atoms with Crippen molar-refractivity contribution >= 4 is 11.8 Å². The van der Waals surface area contributed by atoms with Gasteiger partial charge in [-0.1, -0.05) is 5.16 Å². The van der Waals surface area contributed by atoms with Crippen LogP contribution in [0.5, 0.6) is 0 Å². The quantitative estimate of drug-likeness (QED) is 0.853. The minimum Gasteiger partial charge on any atom is -0.339 e. The molecule has 1 aliphatic rings. The molecule has 0 bridgehead atoms. The number of rotatable bonds is 3. The molecule has 0 saturated carbocycles. The summed E-state index contributed by atoms with van der Waals surface area (Å²) in [6.45, 7) is 3.25. The molecule has 0 spiro atoms. The van der Waals surface area contributed by atoms with E-state index in [9.17, 15) is 0 Å². The summed E-state index contributed by atoms with van der Waals surface area (Å²) in [5.74, 6) is 2.93. The smallest absolute Gasteiger partial charge is 0.229 e. The van der Waals surface area contributed by atoms with Crippen molar-refractivity contribution in [3.8, 4) is 0 Å². The van der Waals surface area contributed by atoms with Crippen LogP contribution in [0.25, 0.3) is 0 Å². The maximum atomic E-state index is 5.30. The van der Waals surface area contributed by atoms with Gasteiger partial charge in [0, 0.05) is 12.0 Å². The molecular formula is C10H17N3OS. The largest absolute Gasteiger partial charge is 0.339 e. The Morgan fingerprint density at radius 2 is 2.47 bits per heavy atom. The van der Waals surface area contributed by atoms with Crippen LogP contribution in [0.4, 0.5) is 0 Å². The highest BCUT2D eigenvalue weighted by molar-refractivity contribution is 7.97. The van der Waals surface area contributed by atoms with Crippen LogP contribution in [-0.2, 0) is 5.75 Å². The van der Waals surface area contributed by atoms with E-state index in [4.69, 9.17) is 4.52 Å². The first-order valence-corrected chi connectivity index (χ1v) is 6.73. The van der Waals surface area contributed by atoms with Gasteiger partial charge in [0.15, 0.2) is 5.82 Å². The van der Waals surface area contributed by atoms with Crippen molar-refractivity contribution in [2.24, 2.45) is 0 Å².